The number of phenols is 1. The maximum atomic E-state index is 13.0. The zero-order valence-corrected chi connectivity index (χ0v) is 19.9. The molecule has 3 N–H and O–H groups in total. The minimum absolute atomic E-state index is 0.167. The molecule has 0 radical (unpaired) electrons. The van der Waals surface area contributed by atoms with Crippen LogP contribution in [0.1, 0.15) is 18.5 Å². The van der Waals surface area contributed by atoms with Gasteiger partial charge in [0.2, 0.25) is 0 Å². The van der Waals surface area contributed by atoms with E-state index >= 15 is 0 Å². The van der Waals surface area contributed by atoms with Crippen molar-refractivity contribution in [1.82, 2.24) is 20.1 Å². The number of hydrogen-bond donors (Lipinski definition) is 2. The third-order valence-corrected chi connectivity index (χ3v) is 7.28. The molecule has 3 saturated heterocycles. The summed E-state index contributed by atoms with van der Waals surface area (Å²) in [4.78, 5) is 11.2. The number of likely N-dealkylation sites (tertiary alicyclic amines) is 1. The van der Waals surface area contributed by atoms with E-state index in [9.17, 15) is 9.50 Å². The van der Waals surface area contributed by atoms with Crippen molar-refractivity contribution in [3.05, 3.63) is 54.4 Å². The molecule has 6 rings (SSSR count). The number of piperazine rings is 1. The summed E-state index contributed by atoms with van der Waals surface area (Å²) >= 11 is 0. The van der Waals surface area contributed by atoms with Crippen molar-refractivity contribution < 1.29 is 9.50 Å². The summed E-state index contributed by atoms with van der Waals surface area (Å²) in [5, 5.41) is 18.7. The summed E-state index contributed by atoms with van der Waals surface area (Å²) in [5.41, 5.74) is 10.2. The zero-order valence-electron chi connectivity index (χ0n) is 19.9. The number of aromatic nitrogens is 3. The topological polar surface area (TPSA) is 94.6 Å². The highest BCUT2D eigenvalue weighted by Gasteiger charge is 2.40. The van der Waals surface area contributed by atoms with E-state index in [0.29, 0.717) is 48.8 Å². The number of para-hydroxylation sites is 1. The molecule has 2 atom stereocenters. The summed E-state index contributed by atoms with van der Waals surface area (Å²) in [5.74, 6) is 6.83. The lowest BCUT2D eigenvalue weighted by Crippen LogP contribution is -2.54. The highest BCUT2D eigenvalue weighted by molar-refractivity contribution is 5.74. The quantitative estimate of drug-likeness (QED) is 0.545. The van der Waals surface area contributed by atoms with Crippen LogP contribution in [0, 0.1) is 11.8 Å². The molecular weight excluding hydrogens is 457 g/mol. The van der Waals surface area contributed by atoms with Gasteiger partial charge in [-0.05, 0) is 49.1 Å². The lowest BCUT2D eigenvalue weighted by atomic mass is 10.1. The van der Waals surface area contributed by atoms with E-state index in [0.717, 1.165) is 43.0 Å². The van der Waals surface area contributed by atoms with Gasteiger partial charge in [0.1, 0.15) is 17.6 Å². The van der Waals surface area contributed by atoms with Crippen LogP contribution in [-0.4, -0.2) is 76.2 Å². The van der Waals surface area contributed by atoms with Gasteiger partial charge in [0.05, 0.1) is 17.9 Å². The molecule has 184 valence electrons. The van der Waals surface area contributed by atoms with Gasteiger partial charge in [-0.2, -0.15) is 0 Å². The second-order valence-corrected chi connectivity index (χ2v) is 9.71. The normalized spacial score (nSPS) is 21.7. The van der Waals surface area contributed by atoms with Crippen molar-refractivity contribution in [2.75, 3.05) is 48.3 Å². The Balaban J connectivity index is 1.20. The van der Waals surface area contributed by atoms with Gasteiger partial charge in [-0.25, -0.2) is 9.37 Å². The number of phenolic OH excluding ortho intramolecular Hbond substituents is 1. The van der Waals surface area contributed by atoms with Crippen LogP contribution in [0.5, 0.6) is 5.75 Å². The van der Waals surface area contributed by atoms with Gasteiger partial charge >= 0.3 is 0 Å². The van der Waals surface area contributed by atoms with Crippen LogP contribution in [0.3, 0.4) is 0 Å². The molecule has 8 nitrogen and oxygen atoms in total. The maximum absolute atomic E-state index is 13.0. The smallest absolute Gasteiger partial charge is 0.169 e. The van der Waals surface area contributed by atoms with E-state index < -0.39 is 6.17 Å². The summed E-state index contributed by atoms with van der Waals surface area (Å²) in [7, 11) is 0. The van der Waals surface area contributed by atoms with Crippen molar-refractivity contribution in [2.45, 2.75) is 31.1 Å². The second-order valence-electron chi connectivity index (χ2n) is 9.71. The molecule has 3 aliphatic heterocycles. The number of fused-ring (bicyclic) bond motifs is 2. The Morgan fingerprint density at radius 2 is 1.81 bits per heavy atom. The number of hydrogen-bond acceptors (Lipinski definition) is 8. The molecule has 5 heterocycles. The molecule has 3 aromatic rings. The number of anilines is 3. The number of nitrogen functional groups attached to an aromatic ring is 1. The standard InChI is InChI=1S/C27H28FN7O/c28-18-14-33(15-18)11-3-4-19-12-20(9-10-30-19)35-21-7-8-22(35)17-34(16-21)25-13-24(31-32-27(25)29)23-5-1-2-6-26(23)36/h1-2,5-6,9-10,12-13,18,21-22,36H,7-8,11,14-17H2,(H2,29,32). The van der Waals surface area contributed by atoms with E-state index in [-0.39, 0.29) is 5.75 Å². The fourth-order valence-electron chi connectivity index (χ4n) is 5.51. The highest BCUT2D eigenvalue weighted by Crippen LogP contribution is 2.38. The minimum Gasteiger partial charge on any atom is -0.507 e. The van der Waals surface area contributed by atoms with Gasteiger partial charge in [0.15, 0.2) is 5.82 Å². The maximum Gasteiger partial charge on any atom is 0.169 e. The monoisotopic (exact) mass is 485 g/mol. The SMILES string of the molecule is Nc1nnc(-c2ccccc2O)cc1N1CC2CCC(C1)N2c1ccnc(C#CCN2CC(F)C2)c1. The van der Waals surface area contributed by atoms with Crippen LogP contribution in [0.25, 0.3) is 11.3 Å². The average Bonchev–Trinajstić information content (AvgIpc) is 3.13. The Kier molecular flexibility index (Phi) is 5.82. The molecule has 2 aromatic heterocycles. The van der Waals surface area contributed by atoms with E-state index in [1.807, 2.05) is 35.4 Å². The fraction of sp³-hybridized carbons (Fsp3) is 0.370. The minimum atomic E-state index is -0.710. The van der Waals surface area contributed by atoms with Crippen LogP contribution in [0.2, 0.25) is 0 Å². The molecule has 2 bridgehead atoms. The number of benzene rings is 1. The Morgan fingerprint density at radius 1 is 1.03 bits per heavy atom. The molecule has 2 unspecified atom stereocenters. The Hall–Kier alpha value is -3.90. The second kappa shape index (κ2) is 9.28. The van der Waals surface area contributed by atoms with Gasteiger partial charge < -0.3 is 20.6 Å². The first-order chi connectivity index (χ1) is 17.5. The Labute approximate surface area is 209 Å². The van der Waals surface area contributed by atoms with Gasteiger partial charge in [-0.1, -0.05) is 18.1 Å². The third-order valence-electron chi connectivity index (χ3n) is 7.28. The van der Waals surface area contributed by atoms with Crippen molar-refractivity contribution in [1.29, 1.82) is 0 Å². The molecule has 0 aliphatic carbocycles. The first-order valence-electron chi connectivity index (χ1n) is 12.3. The summed E-state index contributed by atoms with van der Waals surface area (Å²) in [6.07, 6.45) is 3.29. The zero-order chi connectivity index (χ0) is 24.6. The summed E-state index contributed by atoms with van der Waals surface area (Å²) in [6, 6.07) is 13.8. The van der Waals surface area contributed by atoms with Gasteiger partial charge in [0.25, 0.3) is 0 Å². The first kappa shape index (κ1) is 22.6. The molecule has 1 aromatic carbocycles. The van der Waals surface area contributed by atoms with E-state index in [1.165, 1.54) is 0 Å². The lowest BCUT2D eigenvalue weighted by Gasteiger charge is -2.43. The number of pyridine rings is 1. The van der Waals surface area contributed by atoms with Crippen molar-refractivity contribution in [3.63, 3.8) is 0 Å². The van der Waals surface area contributed by atoms with Gasteiger partial charge in [-0.3, -0.25) is 4.90 Å². The summed E-state index contributed by atoms with van der Waals surface area (Å²) in [6.45, 7) is 3.15. The molecule has 0 amide bonds. The molecular formula is C27H28FN7O. The number of rotatable bonds is 4. The molecule has 0 saturated carbocycles. The van der Waals surface area contributed by atoms with E-state index in [4.69, 9.17) is 5.73 Å². The van der Waals surface area contributed by atoms with Crippen LogP contribution in [-0.2, 0) is 0 Å². The van der Waals surface area contributed by atoms with Crippen LogP contribution in [0.15, 0.2) is 48.7 Å². The van der Waals surface area contributed by atoms with Crippen molar-refractivity contribution >= 4 is 17.2 Å². The number of aromatic hydroxyl groups is 1. The van der Waals surface area contributed by atoms with Crippen LogP contribution < -0.4 is 15.5 Å². The number of nitrogens with zero attached hydrogens (tertiary/aromatic N) is 6. The fourth-order valence-corrected chi connectivity index (χ4v) is 5.51. The first-order valence-corrected chi connectivity index (χ1v) is 12.3. The molecule has 0 spiro atoms. The predicted molar refractivity (Wildman–Crippen MR) is 137 cm³/mol. The van der Waals surface area contributed by atoms with Gasteiger partial charge in [-0.15, -0.1) is 10.2 Å². The molecule has 36 heavy (non-hydrogen) atoms. The predicted octanol–water partition coefficient (Wildman–Crippen LogP) is 2.69. The van der Waals surface area contributed by atoms with Crippen molar-refractivity contribution in [3.8, 4) is 28.8 Å². The van der Waals surface area contributed by atoms with Gasteiger partial charge in [0, 0.05) is 55.7 Å². The molecule has 3 aliphatic rings. The number of nitrogens with two attached hydrogens (primary N) is 1. The average molecular weight is 486 g/mol. The Morgan fingerprint density at radius 3 is 2.56 bits per heavy atom. The third kappa shape index (κ3) is 4.29. The number of halogens is 1. The van der Waals surface area contributed by atoms with E-state index in [1.54, 1.807) is 12.1 Å². The van der Waals surface area contributed by atoms with E-state index in [2.05, 4.69) is 42.9 Å². The molecule has 9 heteroatoms. The Bertz CT molecular complexity index is 1320. The highest BCUT2D eigenvalue weighted by atomic mass is 19.1. The van der Waals surface area contributed by atoms with Crippen molar-refractivity contribution in [2.24, 2.45) is 0 Å². The largest absolute Gasteiger partial charge is 0.507 e. The molecule has 3 fully saturated rings. The lowest BCUT2D eigenvalue weighted by molar-refractivity contribution is 0.0791. The summed E-state index contributed by atoms with van der Waals surface area (Å²) < 4.78 is 13.0. The van der Waals surface area contributed by atoms with Crippen LogP contribution >= 0.6 is 0 Å². The number of alkyl halides is 1. The van der Waals surface area contributed by atoms with Crippen LogP contribution in [0.4, 0.5) is 21.6 Å².